The highest BCUT2D eigenvalue weighted by Crippen LogP contribution is 2.34. The van der Waals surface area contributed by atoms with Crippen LogP contribution in [0.3, 0.4) is 0 Å². The fraction of sp³-hybridized carbons (Fsp3) is 0.458. The van der Waals surface area contributed by atoms with E-state index in [4.69, 9.17) is 9.47 Å². The number of carbonyl (C=O) groups is 1. The van der Waals surface area contributed by atoms with Gasteiger partial charge in [0.2, 0.25) is 6.79 Å². The Bertz CT molecular complexity index is 853. The number of benzene rings is 2. The predicted molar refractivity (Wildman–Crippen MR) is 120 cm³/mol. The van der Waals surface area contributed by atoms with E-state index in [9.17, 15) is 4.79 Å². The van der Waals surface area contributed by atoms with Gasteiger partial charge in [0, 0.05) is 39.3 Å². The van der Waals surface area contributed by atoms with Gasteiger partial charge in [0.05, 0.1) is 6.04 Å². The highest BCUT2D eigenvalue weighted by Gasteiger charge is 2.18. The van der Waals surface area contributed by atoms with Crippen molar-refractivity contribution in [1.82, 2.24) is 20.4 Å². The molecule has 0 bridgehead atoms. The number of piperazine rings is 1. The quantitative estimate of drug-likeness (QED) is 0.638. The third-order valence-corrected chi connectivity index (χ3v) is 5.89. The van der Waals surface area contributed by atoms with Crippen LogP contribution in [0, 0.1) is 0 Å². The van der Waals surface area contributed by atoms with Crippen LogP contribution >= 0.6 is 0 Å². The minimum Gasteiger partial charge on any atom is -0.454 e. The van der Waals surface area contributed by atoms with Crippen LogP contribution in [-0.2, 0) is 6.54 Å². The molecule has 2 aromatic carbocycles. The van der Waals surface area contributed by atoms with Crippen molar-refractivity contribution in [2.24, 2.45) is 0 Å². The van der Waals surface area contributed by atoms with Crippen LogP contribution in [0.5, 0.6) is 11.5 Å². The molecule has 2 aliphatic rings. The summed E-state index contributed by atoms with van der Waals surface area (Å²) in [4.78, 5) is 17.2. The summed E-state index contributed by atoms with van der Waals surface area (Å²) in [7, 11) is 0. The molecule has 0 radical (unpaired) electrons. The van der Waals surface area contributed by atoms with E-state index in [1.54, 1.807) is 0 Å². The summed E-state index contributed by atoms with van der Waals surface area (Å²) in [6, 6.07) is 16.2. The first-order chi connectivity index (χ1) is 15.2. The van der Waals surface area contributed by atoms with Crippen molar-refractivity contribution in [3.63, 3.8) is 0 Å². The number of urea groups is 1. The SMILES string of the molecule is CC(NC(=O)NCCCN1CCN(Cc2ccccc2)CC1)c1ccc2c(c1)OCO2. The third kappa shape index (κ3) is 6.12. The van der Waals surface area contributed by atoms with Gasteiger partial charge >= 0.3 is 6.03 Å². The minimum absolute atomic E-state index is 0.104. The van der Waals surface area contributed by atoms with Crippen molar-refractivity contribution in [1.29, 1.82) is 0 Å². The summed E-state index contributed by atoms with van der Waals surface area (Å²) in [5.41, 5.74) is 2.37. The Morgan fingerprint density at radius 1 is 1.00 bits per heavy atom. The standard InChI is InChI=1S/C24H32N4O3/c1-19(21-8-9-22-23(16-21)31-18-30-22)26-24(29)25-10-5-11-27-12-14-28(15-13-27)17-20-6-3-2-4-7-20/h2-4,6-9,16,19H,5,10-15,17-18H2,1H3,(H2,25,26,29). The fourth-order valence-corrected chi connectivity index (χ4v) is 4.03. The third-order valence-electron chi connectivity index (χ3n) is 5.89. The van der Waals surface area contributed by atoms with Gasteiger partial charge in [-0.1, -0.05) is 36.4 Å². The maximum atomic E-state index is 12.2. The first-order valence-electron chi connectivity index (χ1n) is 11.1. The van der Waals surface area contributed by atoms with Gasteiger partial charge in [-0.25, -0.2) is 4.79 Å². The molecular weight excluding hydrogens is 392 g/mol. The van der Waals surface area contributed by atoms with Crippen LogP contribution in [0.15, 0.2) is 48.5 Å². The molecule has 0 saturated carbocycles. The highest BCUT2D eigenvalue weighted by atomic mass is 16.7. The summed E-state index contributed by atoms with van der Waals surface area (Å²) in [6.45, 7) is 9.28. The van der Waals surface area contributed by atoms with Gasteiger partial charge in [-0.3, -0.25) is 4.90 Å². The van der Waals surface area contributed by atoms with E-state index in [-0.39, 0.29) is 18.9 Å². The Morgan fingerprint density at radius 2 is 1.74 bits per heavy atom. The molecule has 2 aliphatic heterocycles. The molecule has 1 atom stereocenters. The molecule has 2 aromatic rings. The molecule has 1 saturated heterocycles. The number of amides is 2. The summed E-state index contributed by atoms with van der Waals surface area (Å²) in [6.07, 6.45) is 0.949. The number of hydrogen-bond donors (Lipinski definition) is 2. The summed E-state index contributed by atoms with van der Waals surface area (Å²) in [5.74, 6) is 1.48. The van der Waals surface area contributed by atoms with E-state index < -0.39 is 0 Å². The lowest BCUT2D eigenvalue weighted by molar-refractivity contribution is 0.126. The zero-order valence-electron chi connectivity index (χ0n) is 18.2. The van der Waals surface area contributed by atoms with E-state index in [2.05, 4.69) is 50.8 Å². The lowest BCUT2D eigenvalue weighted by Crippen LogP contribution is -2.46. The molecule has 0 spiro atoms. The molecule has 2 amide bonds. The number of rotatable bonds is 8. The van der Waals surface area contributed by atoms with Gasteiger partial charge in [0.25, 0.3) is 0 Å². The van der Waals surface area contributed by atoms with Crippen molar-refractivity contribution >= 4 is 6.03 Å². The Kier molecular flexibility index (Phi) is 7.27. The van der Waals surface area contributed by atoms with Crippen LogP contribution in [0.25, 0.3) is 0 Å². The highest BCUT2D eigenvalue weighted by molar-refractivity contribution is 5.74. The molecule has 1 unspecified atom stereocenters. The Hall–Kier alpha value is -2.77. The Balaban J connectivity index is 1.09. The van der Waals surface area contributed by atoms with E-state index in [1.807, 2.05) is 25.1 Å². The van der Waals surface area contributed by atoms with Crippen molar-refractivity contribution in [2.75, 3.05) is 46.1 Å². The second-order valence-corrected chi connectivity index (χ2v) is 8.19. The summed E-state index contributed by atoms with van der Waals surface area (Å²) < 4.78 is 10.7. The van der Waals surface area contributed by atoms with Gasteiger partial charge in [0.15, 0.2) is 11.5 Å². The van der Waals surface area contributed by atoms with Crippen molar-refractivity contribution in [3.8, 4) is 11.5 Å². The van der Waals surface area contributed by atoms with Crippen molar-refractivity contribution in [2.45, 2.75) is 25.9 Å². The van der Waals surface area contributed by atoms with Gasteiger partial charge in [-0.15, -0.1) is 0 Å². The number of hydrogen-bond acceptors (Lipinski definition) is 5. The average molecular weight is 425 g/mol. The maximum Gasteiger partial charge on any atom is 0.315 e. The second-order valence-electron chi connectivity index (χ2n) is 8.19. The fourth-order valence-electron chi connectivity index (χ4n) is 4.03. The summed E-state index contributed by atoms with van der Waals surface area (Å²) >= 11 is 0. The number of ether oxygens (including phenoxy) is 2. The molecule has 7 heteroatoms. The zero-order chi connectivity index (χ0) is 21.5. The van der Waals surface area contributed by atoms with E-state index in [1.165, 1.54) is 5.56 Å². The largest absolute Gasteiger partial charge is 0.454 e. The number of carbonyl (C=O) groups excluding carboxylic acids is 1. The molecule has 2 heterocycles. The summed E-state index contributed by atoms with van der Waals surface area (Å²) in [5, 5.41) is 5.96. The van der Waals surface area contributed by atoms with Crippen LogP contribution in [0.4, 0.5) is 4.79 Å². The van der Waals surface area contributed by atoms with Crippen LogP contribution in [0.1, 0.15) is 30.5 Å². The van der Waals surface area contributed by atoms with Crippen molar-refractivity contribution < 1.29 is 14.3 Å². The molecular formula is C24H32N4O3. The second kappa shape index (κ2) is 10.5. The Labute approximate surface area is 184 Å². The number of nitrogens with zero attached hydrogens (tertiary/aromatic N) is 2. The molecule has 31 heavy (non-hydrogen) atoms. The average Bonchev–Trinajstić information content (AvgIpc) is 3.26. The number of fused-ring (bicyclic) bond motifs is 1. The first-order valence-corrected chi connectivity index (χ1v) is 11.1. The number of nitrogens with one attached hydrogen (secondary N) is 2. The van der Waals surface area contributed by atoms with Crippen LogP contribution in [-0.4, -0.2) is 61.9 Å². The molecule has 166 valence electrons. The first kappa shape index (κ1) is 21.5. The monoisotopic (exact) mass is 424 g/mol. The molecule has 4 rings (SSSR count). The molecule has 2 N–H and O–H groups in total. The predicted octanol–water partition coefficient (Wildman–Crippen LogP) is 2.98. The molecule has 7 nitrogen and oxygen atoms in total. The minimum atomic E-state index is -0.141. The van der Waals surface area contributed by atoms with E-state index in [0.29, 0.717) is 6.54 Å². The van der Waals surface area contributed by atoms with Gasteiger partial charge < -0.3 is 25.0 Å². The van der Waals surface area contributed by atoms with E-state index in [0.717, 1.165) is 62.8 Å². The lowest BCUT2D eigenvalue weighted by atomic mass is 10.1. The maximum absolute atomic E-state index is 12.2. The topological polar surface area (TPSA) is 66.1 Å². The zero-order valence-corrected chi connectivity index (χ0v) is 18.2. The van der Waals surface area contributed by atoms with Crippen LogP contribution in [0.2, 0.25) is 0 Å². The van der Waals surface area contributed by atoms with Gasteiger partial charge in [0.1, 0.15) is 0 Å². The van der Waals surface area contributed by atoms with Crippen LogP contribution < -0.4 is 20.1 Å². The lowest BCUT2D eigenvalue weighted by Gasteiger charge is -2.34. The smallest absolute Gasteiger partial charge is 0.315 e. The van der Waals surface area contributed by atoms with Gasteiger partial charge in [-0.05, 0) is 43.1 Å². The van der Waals surface area contributed by atoms with E-state index >= 15 is 0 Å². The normalized spacial score (nSPS) is 17.3. The van der Waals surface area contributed by atoms with Gasteiger partial charge in [-0.2, -0.15) is 0 Å². The molecule has 0 aromatic heterocycles. The van der Waals surface area contributed by atoms with Crippen molar-refractivity contribution in [3.05, 3.63) is 59.7 Å². The molecule has 1 fully saturated rings. The molecule has 0 aliphatic carbocycles. The Morgan fingerprint density at radius 3 is 2.55 bits per heavy atom.